The van der Waals surface area contributed by atoms with Crippen molar-refractivity contribution in [1.29, 1.82) is 0 Å². The Hall–Kier alpha value is -4.88. The maximum absolute atomic E-state index is 6.28. The second-order valence-corrected chi connectivity index (χ2v) is 12.2. The monoisotopic (exact) mass is 540 g/mol. The molecule has 1 aliphatic rings. The van der Waals surface area contributed by atoms with Crippen LogP contribution in [0.25, 0.3) is 55.3 Å². The van der Waals surface area contributed by atoms with E-state index in [0.29, 0.717) is 0 Å². The third kappa shape index (κ3) is 3.77. The van der Waals surface area contributed by atoms with Crippen molar-refractivity contribution >= 4 is 21.9 Å². The Labute approximate surface area is 247 Å². The largest absolute Gasteiger partial charge is 0.456 e. The quantitative estimate of drug-likeness (QED) is 0.216. The van der Waals surface area contributed by atoms with E-state index in [4.69, 9.17) is 4.42 Å². The van der Waals surface area contributed by atoms with Crippen LogP contribution in [0.1, 0.15) is 41.7 Å². The second kappa shape index (κ2) is 9.33. The lowest BCUT2D eigenvalue weighted by Gasteiger charge is -2.23. The van der Waals surface area contributed by atoms with Gasteiger partial charge in [-0.2, -0.15) is 0 Å². The molecule has 0 aliphatic heterocycles. The molecule has 0 spiro atoms. The summed E-state index contributed by atoms with van der Waals surface area (Å²) in [6, 6.07) is 46.4. The van der Waals surface area contributed by atoms with Crippen molar-refractivity contribution in [1.82, 2.24) is 0 Å². The van der Waals surface area contributed by atoms with Gasteiger partial charge in [0, 0.05) is 16.2 Å². The molecule has 0 radical (unpaired) electrons. The van der Waals surface area contributed by atoms with Crippen LogP contribution in [0.15, 0.2) is 132 Å². The smallest absolute Gasteiger partial charge is 0.135 e. The minimum Gasteiger partial charge on any atom is -0.456 e. The van der Waals surface area contributed by atoms with E-state index in [9.17, 15) is 0 Å². The van der Waals surface area contributed by atoms with Gasteiger partial charge in [-0.05, 0) is 92.7 Å². The van der Waals surface area contributed by atoms with Crippen LogP contribution in [0.3, 0.4) is 0 Å². The van der Waals surface area contributed by atoms with Gasteiger partial charge in [-0.1, -0.05) is 123 Å². The topological polar surface area (TPSA) is 13.1 Å². The average Bonchev–Trinajstić information content (AvgIpc) is 3.50. The lowest BCUT2D eigenvalue weighted by atomic mass is 9.79. The van der Waals surface area contributed by atoms with E-state index >= 15 is 0 Å². The highest BCUT2D eigenvalue weighted by molar-refractivity contribution is 6.11. The summed E-state index contributed by atoms with van der Waals surface area (Å²) < 4.78 is 6.28. The molecule has 202 valence electrons. The maximum Gasteiger partial charge on any atom is 0.135 e. The van der Waals surface area contributed by atoms with Gasteiger partial charge in [-0.3, -0.25) is 0 Å². The van der Waals surface area contributed by atoms with Crippen molar-refractivity contribution in [2.45, 2.75) is 32.6 Å². The van der Waals surface area contributed by atoms with Crippen LogP contribution in [-0.2, 0) is 11.8 Å². The summed E-state index contributed by atoms with van der Waals surface area (Å²) >= 11 is 0. The van der Waals surface area contributed by atoms with E-state index in [1.807, 2.05) is 0 Å². The summed E-state index contributed by atoms with van der Waals surface area (Å²) in [7, 11) is 0. The molecule has 7 aromatic rings. The predicted octanol–water partition coefficient (Wildman–Crippen LogP) is 11.1. The molecule has 0 atom stereocenters. The van der Waals surface area contributed by atoms with Crippen molar-refractivity contribution in [3.8, 4) is 33.4 Å². The van der Waals surface area contributed by atoms with Gasteiger partial charge in [-0.15, -0.1) is 0 Å². The fourth-order valence-electron chi connectivity index (χ4n) is 7.16. The molecule has 0 amide bonds. The van der Waals surface area contributed by atoms with Gasteiger partial charge in [0.2, 0.25) is 0 Å². The lowest BCUT2D eigenvalue weighted by molar-refractivity contribution is 0.656. The van der Waals surface area contributed by atoms with Gasteiger partial charge >= 0.3 is 0 Å². The number of hydrogen-bond acceptors (Lipinski definition) is 1. The van der Waals surface area contributed by atoms with Gasteiger partial charge in [0.1, 0.15) is 11.2 Å². The van der Waals surface area contributed by atoms with E-state index in [2.05, 4.69) is 148 Å². The second-order valence-electron chi connectivity index (χ2n) is 12.2. The summed E-state index contributed by atoms with van der Waals surface area (Å²) in [5, 5.41) is 2.45. The Morgan fingerprint density at radius 2 is 1.33 bits per heavy atom. The van der Waals surface area contributed by atoms with E-state index in [1.54, 1.807) is 0 Å². The zero-order valence-corrected chi connectivity index (χ0v) is 24.2. The molecule has 0 N–H and O–H groups in total. The Balaban J connectivity index is 1.24. The average molecular weight is 541 g/mol. The number of furan rings is 1. The Morgan fingerprint density at radius 3 is 2.19 bits per heavy atom. The van der Waals surface area contributed by atoms with Crippen molar-refractivity contribution in [3.63, 3.8) is 0 Å². The number of rotatable bonds is 4. The summed E-state index contributed by atoms with van der Waals surface area (Å²) in [4.78, 5) is 0. The van der Waals surface area contributed by atoms with Crippen LogP contribution in [0.2, 0.25) is 0 Å². The summed E-state index contributed by atoms with van der Waals surface area (Å²) in [6.45, 7) is 6.95. The van der Waals surface area contributed by atoms with E-state index in [-0.39, 0.29) is 5.41 Å². The van der Waals surface area contributed by atoms with Crippen molar-refractivity contribution < 1.29 is 4.42 Å². The fraction of sp³-hybridized carbons (Fsp3) is 0.122. The third-order valence-corrected chi connectivity index (χ3v) is 9.26. The van der Waals surface area contributed by atoms with Gasteiger partial charge in [0.15, 0.2) is 0 Å². The fourth-order valence-corrected chi connectivity index (χ4v) is 7.16. The van der Waals surface area contributed by atoms with Gasteiger partial charge in [-0.25, -0.2) is 0 Å². The molecular weight excluding hydrogens is 508 g/mol. The first-order valence-electron chi connectivity index (χ1n) is 14.8. The van der Waals surface area contributed by atoms with Crippen LogP contribution in [0.5, 0.6) is 0 Å². The molecule has 1 heterocycles. The van der Waals surface area contributed by atoms with Crippen molar-refractivity contribution in [3.05, 3.63) is 155 Å². The minimum atomic E-state index is -0.136. The molecular formula is C41H32O. The standard InChI is InChI=1S/C41H32O/c1-26-11-7-8-14-31(26)35-25-29(28-12-5-4-6-13-28)18-19-30(35)23-27-17-20-32-33-21-22-38-39(34-15-9-10-16-37(34)42-38)40(33)41(2,3)36(32)24-27/h4-22,24-25H,23H2,1-3H3. The summed E-state index contributed by atoms with van der Waals surface area (Å²) in [5.41, 5.74) is 16.3. The molecule has 1 aromatic heterocycles. The molecule has 8 rings (SSSR count). The number of fused-ring (bicyclic) bond motifs is 7. The van der Waals surface area contributed by atoms with E-state index in [0.717, 1.165) is 17.6 Å². The van der Waals surface area contributed by atoms with Crippen LogP contribution < -0.4 is 0 Å². The molecule has 6 aromatic carbocycles. The van der Waals surface area contributed by atoms with Gasteiger partial charge in [0.25, 0.3) is 0 Å². The summed E-state index contributed by atoms with van der Waals surface area (Å²) in [6.07, 6.45) is 0.877. The first-order chi connectivity index (χ1) is 20.5. The highest BCUT2D eigenvalue weighted by Crippen LogP contribution is 2.53. The zero-order valence-electron chi connectivity index (χ0n) is 24.2. The maximum atomic E-state index is 6.28. The van der Waals surface area contributed by atoms with E-state index in [1.165, 1.54) is 72.0 Å². The molecule has 1 heteroatoms. The van der Waals surface area contributed by atoms with E-state index < -0.39 is 0 Å². The lowest BCUT2D eigenvalue weighted by Crippen LogP contribution is -2.15. The molecule has 1 nitrogen and oxygen atoms in total. The SMILES string of the molecule is Cc1ccccc1-c1cc(-c2ccccc2)ccc1Cc1ccc2c(c1)C(C)(C)c1c-2ccc2oc3ccccc3c12. The van der Waals surface area contributed by atoms with Crippen molar-refractivity contribution in [2.24, 2.45) is 0 Å². The van der Waals surface area contributed by atoms with Crippen LogP contribution >= 0.6 is 0 Å². The molecule has 0 saturated carbocycles. The first-order valence-corrected chi connectivity index (χ1v) is 14.8. The molecule has 42 heavy (non-hydrogen) atoms. The van der Waals surface area contributed by atoms with Crippen molar-refractivity contribution in [2.75, 3.05) is 0 Å². The highest BCUT2D eigenvalue weighted by Gasteiger charge is 2.38. The summed E-state index contributed by atoms with van der Waals surface area (Å²) in [5.74, 6) is 0. The molecule has 1 aliphatic carbocycles. The Morgan fingerprint density at radius 1 is 0.571 bits per heavy atom. The molecule has 0 saturated heterocycles. The van der Waals surface area contributed by atoms with Gasteiger partial charge in [0.05, 0.1) is 0 Å². The first kappa shape index (κ1) is 24.9. The minimum absolute atomic E-state index is 0.136. The van der Waals surface area contributed by atoms with Crippen LogP contribution in [-0.4, -0.2) is 0 Å². The highest BCUT2D eigenvalue weighted by atomic mass is 16.3. The molecule has 0 bridgehead atoms. The zero-order chi connectivity index (χ0) is 28.4. The number of para-hydroxylation sites is 1. The number of aryl methyl sites for hydroxylation is 1. The number of hydrogen-bond donors (Lipinski definition) is 0. The number of benzene rings is 6. The molecule has 0 fully saturated rings. The molecule has 0 unspecified atom stereocenters. The Kier molecular flexibility index (Phi) is 5.52. The van der Waals surface area contributed by atoms with Gasteiger partial charge < -0.3 is 4.42 Å². The third-order valence-electron chi connectivity index (χ3n) is 9.26. The predicted molar refractivity (Wildman–Crippen MR) is 176 cm³/mol. The van der Waals surface area contributed by atoms with Crippen LogP contribution in [0.4, 0.5) is 0 Å². The Bertz CT molecular complexity index is 2140. The normalized spacial score (nSPS) is 13.4. The van der Waals surface area contributed by atoms with Crippen LogP contribution in [0, 0.1) is 6.92 Å².